The van der Waals surface area contributed by atoms with Gasteiger partial charge in [0.1, 0.15) is 10.8 Å². The van der Waals surface area contributed by atoms with Gasteiger partial charge in [-0.25, -0.2) is 4.39 Å². The van der Waals surface area contributed by atoms with Gasteiger partial charge < -0.3 is 4.90 Å². The molecule has 0 radical (unpaired) electrons. The Morgan fingerprint density at radius 1 is 1.09 bits per heavy atom. The molecule has 4 rings (SSSR count). The van der Waals surface area contributed by atoms with Gasteiger partial charge in [0.25, 0.3) is 5.91 Å². The summed E-state index contributed by atoms with van der Waals surface area (Å²) in [6.07, 6.45) is 3.20. The van der Waals surface area contributed by atoms with Gasteiger partial charge in [-0.15, -0.1) is 10.2 Å². The van der Waals surface area contributed by atoms with Gasteiger partial charge in [0.15, 0.2) is 0 Å². The van der Waals surface area contributed by atoms with Crippen molar-refractivity contribution in [1.29, 1.82) is 0 Å². The van der Waals surface area contributed by atoms with Crippen LogP contribution >= 0.6 is 11.3 Å². The van der Waals surface area contributed by atoms with E-state index in [1.807, 2.05) is 0 Å². The lowest BCUT2D eigenvalue weighted by molar-refractivity contribution is 0.0709. The van der Waals surface area contributed by atoms with Crippen LogP contribution in [0.2, 0.25) is 0 Å². The van der Waals surface area contributed by atoms with Crippen molar-refractivity contribution in [3.63, 3.8) is 0 Å². The van der Waals surface area contributed by atoms with Crippen molar-refractivity contribution in [1.82, 2.24) is 24.7 Å². The molecule has 1 aromatic carbocycles. The Morgan fingerprint density at radius 2 is 1.83 bits per heavy atom. The molecule has 1 aliphatic heterocycles. The Morgan fingerprint density at radius 3 is 2.57 bits per heavy atom. The van der Waals surface area contributed by atoms with Crippen molar-refractivity contribution in [3.05, 3.63) is 35.9 Å². The van der Waals surface area contributed by atoms with Crippen molar-refractivity contribution >= 4 is 22.2 Å². The molecule has 3 heterocycles. The zero-order chi connectivity index (χ0) is 15.8. The fraction of sp³-hybridized carbons (Fsp3) is 0.333. The van der Waals surface area contributed by atoms with Crippen LogP contribution in [0.3, 0.4) is 0 Å². The first-order valence-corrected chi connectivity index (χ1v) is 8.31. The number of piperidine rings is 1. The highest BCUT2D eigenvalue weighted by molar-refractivity contribution is 7.19. The standard InChI is InChI=1S/C15H14FN5OS/c16-11-6-4-10(5-7-11)13-19-21-12(17-18-15(21)23-13)14(22)20-8-2-1-3-9-20/h4-7H,1-3,8-9H2. The number of likely N-dealkylation sites (tertiary alicyclic amines) is 1. The van der Waals surface area contributed by atoms with Gasteiger partial charge in [-0.1, -0.05) is 11.3 Å². The highest BCUT2D eigenvalue weighted by atomic mass is 32.1. The highest BCUT2D eigenvalue weighted by Gasteiger charge is 2.25. The molecule has 0 spiro atoms. The molecule has 2 aromatic heterocycles. The van der Waals surface area contributed by atoms with Crippen LogP contribution in [0.15, 0.2) is 24.3 Å². The van der Waals surface area contributed by atoms with Gasteiger partial charge in [-0.2, -0.15) is 9.61 Å². The number of fused-ring (bicyclic) bond motifs is 1. The molecule has 118 valence electrons. The van der Waals surface area contributed by atoms with Crippen molar-refractivity contribution in [2.75, 3.05) is 13.1 Å². The van der Waals surface area contributed by atoms with E-state index in [0.717, 1.165) is 37.9 Å². The van der Waals surface area contributed by atoms with Crippen LogP contribution in [0, 0.1) is 5.82 Å². The number of hydrogen-bond acceptors (Lipinski definition) is 5. The molecule has 0 atom stereocenters. The third-order valence-corrected chi connectivity index (χ3v) is 4.86. The summed E-state index contributed by atoms with van der Waals surface area (Å²) in [5, 5.41) is 13.1. The summed E-state index contributed by atoms with van der Waals surface area (Å²) in [4.78, 5) is 14.9. The largest absolute Gasteiger partial charge is 0.336 e. The fourth-order valence-electron chi connectivity index (χ4n) is 2.70. The number of amides is 1. The van der Waals surface area contributed by atoms with E-state index in [0.29, 0.717) is 9.97 Å². The summed E-state index contributed by atoms with van der Waals surface area (Å²) in [5.41, 5.74) is 0.790. The van der Waals surface area contributed by atoms with E-state index in [9.17, 15) is 9.18 Å². The van der Waals surface area contributed by atoms with Crippen LogP contribution in [0.5, 0.6) is 0 Å². The van der Waals surface area contributed by atoms with Crippen LogP contribution in [0.1, 0.15) is 29.9 Å². The van der Waals surface area contributed by atoms with Crippen molar-refractivity contribution in [2.45, 2.75) is 19.3 Å². The van der Waals surface area contributed by atoms with Crippen LogP contribution in [0.25, 0.3) is 15.5 Å². The minimum atomic E-state index is -0.294. The topological polar surface area (TPSA) is 63.4 Å². The van der Waals surface area contributed by atoms with Crippen molar-refractivity contribution < 1.29 is 9.18 Å². The Kier molecular flexibility index (Phi) is 3.53. The van der Waals surface area contributed by atoms with Gasteiger partial charge in [-0.05, 0) is 43.5 Å². The molecule has 1 fully saturated rings. The number of rotatable bonds is 2. The molecule has 8 heteroatoms. The molecule has 1 saturated heterocycles. The summed E-state index contributed by atoms with van der Waals surface area (Å²) >= 11 is 1.33. The van der Waals surface area contributed by atoms with E-state index < -0.39 is 0 Å². The first-order valence-electron chi connectivity index (χ1n) is 7.50. The third kappa shape index (κ3) is 2.59. The molecule has 1 amide bonds. The summed E-state index contributed by atoms with van der Waals surface area (Å²) in [5.74, 6) is -0.183. The number of benzene rings is 1. The lowest BCUT2D eigenvalue weighted by atomic mass is 10.1. The smallest absolute Gasteiger partial charge is 0.293 e. The first-order chi connectivity index (χ1) is 11.2. The third-order valence-electron chi connectivity index (χ3n) is 3.92. The minimum absolute atomic E-state index is 0.131. The van der Waals surface area contributed by atoms with Crippen LogP contribution in [-0.4, -0.2) is 43.7 Å². The number of nitrogens with zero attached hydrogens (tertiary/aromatic N) is 5. The molecule has 3 aromatic rings. The molecule has 0 saturated carbocycles. The monoisotopic (exact) mass is 331 g/mol. The second-order valence-electron chi connectivity index (χ2n) is 5.48. The maximum Gasteiger partial charge on any atom is 0.293 e. The number of carbonyl (C=O) groups is 1. The summed E-state index contributed by atoms with van der Waals surface area (Å²) in [7, 11) is 0. The fourth-order valence-corrected chi connectivity index (χ4v) is 3.54. The molecule has 1 aliphatic rings. The molecule has 0 N–H and O–H groups in total. The maximum absolute atomic E-state index is 13.0. The molecule has 0 aliphatic carbocycles. The lowest BCUT2D eigenvalue weighted by Crippen LogP contribution is -2.36. The molecular weight excluding hydrogens is 317 g/mol. The predicted octanol–water partition coefficient (Wildman–Crippen LogP) is 2.62. The molecular formula is C15H14FN5OS. The molecule has 6 nitrogen and oxygen atoms in total. The van der Waals surface area contributed by atoms with Crippen LogP contribution in [-0.2, 0) is 0 Å². The second kappa shape index (κ2) is 5.69. The van der Waals surface area contributed by atoms with Gasteiger partial charge in [0.2, 0.25) is 10.8 Å². The summed E-state index contributed by atoms with van der Waals surface area (Å²) < 4.78 is 14.5. The zero-order valence-corrected chi connectivity index (χ0v) is 13.1. The number of aromatic nitrogens is 4. The van der Waals surface area contributed by atoms with Crippen molar-refractivity contribution in [2.24, 2.45) is 0 Å². The van der Waals surface area contributed by atoms with E-state index in [1.165, 1.54) is 28.0 Å². The predicted molar refractivity (Wildman–Crippen MR) is 83.8 cm³/mol. The van der Waals surface area contributed by atoms with Gasteiger partial charge in [0, 0.05) is 18.7 Å². The minimum Gasteiger partial charge on any atom is -0.336 e. The SMILES string of the molecule is O=C(c1nnc2sc(-c3ccc(F)cc3)nn12)N1CCCCC1. The van der Waals surface area contributed by atoms with E-state index >= 15 is 0 Å². The quantitative estimate of drug-likeness (QED) is 0.724. The van der Waals surface area contributed by atoms with Crippen molar-refractivity contribution in [3.8, 4) is 10.6 Å². The van der Waals surface area contributed by atoms with E-state index in [4.69, 9.17) is 0 Å². The van der Waals surface area contributed by atoms with Gasteiger partial charge >= 0.3 is 0 Å². The van der Waals surface area contributed by atoms with Gasteiger partial charge in [0.05, 0.1) is 0 Å². The van der Waals surface area contributed by atoms with Crippen LogP contribution in [0.4, 0.5) is 4.39 Å². The Bertz CT molecular complexity index is 851. The highest BCUT2D eigenvalue weighted by Crippen LogP contribution is 2.26. The molecule has 0 bridgehead atoms. The average molecular weight is 331 g/mol. The van der Waals surface area contributed by atoms with E-state index in [2.05, 4.69) is 15.3 Å². The number of hydrogen-bond donors (Lipinski definition) is 0. The van der Waals surface area contributed by atoms with E-state index in [1.54, 1.807) is 17.0 Å². The summed E-state index contributed by atoms with van der Waals surface area (Å²) in [6.45, 7) is 1.51. The normalized spacial score (nSPS) is 15.3. The molecule has 0 unspecified atom stereocenters. The zero-order valence-electron chi connectivity index (χ0n) is 12.3. The Balaban J connectivity index is 1.69. The Labute approximate surface area is 135 Å². The average Bonchev–Trinajstić information content (AvgIpc) is 3.16. The molecule has 23 heavy (non-hydrogen) atoms. The van der Waals surface area contributed by atoms with Crippen LogP contribution < -0.4 is 0 Å². The number of carbonyl (C=O) groups excluding carboxylic acids is 1. The van der Waals surface area contributed by atoms with Gasteiger partial charge in [-0.3, -0.25) is 4.79 Å². The Hall–Kier alpha value is -2.35. The summed E-state index contributed by atoms with van der Waals surface area (Å²) in [6, 6.07) is 6.09. The lowest BCUT2D eigenvalue weighted by Gasteiger charge is -2.25. The van der Waals surface area contributed by atoms with E-state index in [-0.39, 0.29) is 17.5 Å². The first kappa shape index (κ1) is 14.3. The number of halogens is 1. The second-order valence-corrected chi connectivity index (χ2v) is 6.44. The maximum atomic E-state index is 13.0.